The average molecular weight is 481 g/mol. The van der Waals surface area contributed by atoms with Crippen molar-refractivity contribution in [1.82, 2.24) is 5.32 Å². The molecule has 0 atom stereocenters. The Labute approximate surface area is 198 Å². The van der Waals surface area contributed by atoms with Crippen LogP contribution in [0, 0.1) is 13.8 Å². The van der Waals surface area contributed by atoms with E-state index in [2.05, 4.69) is 10.2 Å². The first-order valence-electron chi connectivity index (χ1n) is 10.6. The number of anilines is 1. The molecule has 2 aromatic carbocycles. The number of esters is 1. The molecule has 176 valence electrons. The summed E-state index contributed by atoms with van der Waals surface area (Å²) in [4.78, 5) is 27.8. The van der Waals surface area contributed by atoms with Gasteiger partial charge < -0.3 is 15.0 Å². The Morgan fingerprint density at radius 2 is 1.82 bits per heavy atom. The lowest BCUT2D eigenvalue weighted by molar-refractivity contribution is -0.128. The standard InChI is InChI=1S/C25H24N2O6S/c1-15-12-17(24(28)26-14-34(30,31)32)13-16(2)23(15)33-25(29)22-18-8-4-6-10-20(18)27(3)21-11-7-5-9-19(21)22/h4-8,10-13H,9,14H2,1-3H3,(H,26,28)(H,30,31,32). The van der Waals surface area contributed by atoms with Gasteiger partial charge in [0.05, 0.1) is 5.57 Å². The van der Waals surface area contributed by atoms with Crippen molar-refractivity contribution >= 4 is 33.3 Å². The molecule has 4 rings (SSSR count). The zero-order valence-corrected chi connectivity index (χ0v) is 19.8. The van der Waals surface area contributed by atoms with Crippen LogP contribution in [-0.4, -0.2) is 37.8 Å². The first-order chi connectivity index (χ1) is 16.1. The first kappa shape index (κ1) is 23.5. The SMILES string of the molecule is Cc1cc(C(=O)NCS(=O)(=O)O)cc(C)c1OC(=O)C1=C2CC=CC=C2N(C)c2ccccc21. The number of likely N-dealkylation sites (N-methyl/N-ethyl adjacent to an activating group) is 1. The van der Waals surface area contributed by atoms with Crippen LogP contribution in [0.25, 0.3) is 5.57 Å². The number of nitrogens with zero attached hydrogens (tertiary/aromatic N) is 1. The molecule has 0 saturated heterocycles. The summed E-state index contributed by atoms with van der Waals surface area (Å²) in [6.45, 7) is 3.40. The van der Waals surface area contributed by atoms with E-state index in [4.69, 9.17) is 9.29 Å². The van der Waals surface area contributed by atoms with E-state index in [9.17, 15) is 18.0 Å². The Balaban J connectivity index is 1.67. The van der Waals surface area contributed by atoms with E-state index in [0.29, 0.717) is 28.9 Å². The number of allylic oxidation sites excluding steroid dienone is 4. The van der Waals surface area contributed by atoms with Crippen molar-refractivity contribution in [3.63, 3.8) is 0 Å². The second-order valence-electron chi connectivity index (χ2n) is 8.17. The van der Waals surface area contributed by atoms with Gasteiger partial charge in [0.15, 0.2) is 0 Å². The molecule has 0 fully saturated rings. The number of fused-ring (bicyclic) bond motifs is 2. The zero-order valence-electron chi connectivity index (χ0n) is 19.0. The minimum absolute atomic E-state index is 0.188. The summed E-state index contributed by atoms with van der Waals surface area (Å²) >= 11 is 0. The quantitative estimate of drug-likeness (QED) is 0.382. The van der Waals surface area contributed by atoms with Gasteiger partial charge in [-0.25, -0.2) is 4.79 Å². The fourth-order valence-corrected chi connectivity index (χ4v) is 4.56. The summed E-state index contributed by atoms with van der Waals surface area (Å²) in [7, 11) is -2.38. The number of nitrogens with one attached hydrogen (secondary N) is 1. The van der Waals surface area contributed by atoms with Gasteiger partial charge in [-0.05, 0) is 61.2 Å². The van der Waals surface area contributed by atoms with Crippen LogP contribution in [0.3, 0.4) is 0 Å². The van der Waals surface area contributed by atoms with E-state index in [1.165, 1.54) is 12.1 Å². The molecular formula is C25H24N2O6S. The maximum Gasteiger partial charge on any atom is 0.344 e. The van der Waals surface area contributed by atoms with Crippen LogP contribution in [0.4, 0.5) is 5.69 Å². The lowest BCUT2D eigenvalue weighted by Crippen LogP contribution is -2.29. The van der Waals surface area contributed by atoms with Gasteiger partial charge in [-0.2, -0.15) is 8.42 Å². The van der Waals surface area contributed by atoms with Gasteiger partial charge in [-0.1, -0.05) is 30.4 Å². The number of benzene rings is 2. The topological polar surface area (TPSA) is 113 Å². The van der Waals surface area contributed by atoms with Gasteiger partial charge in [0.2, 0.25) is 0 Å². The summed E-state index contributed by atoms with van der Waals surface area (Å²) in [6.07, 6.45) is 6.52. The van der Waals surface area contributed by atoms with Crippen LogP contribution in [0.15, 0.2) is 65.9 Å². The highest BCUT2D eigenvalue weighted by atomic mass is 32.2. The van der Waals surface area contributed by atoms with Crippen molar-refractivity contribution < 1.29 is 27.3 Å². The summed E-state index contributed by atoms with van der Waals surface area (Å²) in [5, 5.41) is 2.14. The second kappa shape index (κ2) is 8.92. The number of hydrogen-bond acceptors (Lipinski definition) is 6. The minimum Gasteiger partial charge on any atom is -0.422 e. The molecule has 2 aromatic rings. The molecule has 2 aliphatic rings. The maximum atomic E-state index is 13.5. The third-order valence-electron chi connectivity index (χ3n) is 5.76. The third-order valence-corrected chi connectivity index (χ3v) is 6.26. The van der Waals surface area contributed by atoms with Crippen molar-refractivity contribution in [2.75, 3.05) is 17.8 Å². The zero-order chi connectivity index (χ0) is 24.6. The van der Waals surface area contributed by atoms with Crippen LogP contribution in [0.1, 0.15) is 33.5 Å². The molecule has 34 heavy (non-hydrogen) atoms. The van der Waals surface area contributed by atoms with E-state index < -0.39 is 27.9 Å². The summed E-state index contributed by atoms with van der Waals surface area (Å²) < 4.78 is 36.5. The summed E-state index contributed by atoms with van der Waals surface area (Å²) in [5.74, 6) is -1.72. The fourth-order valence-electron chi connectivity index (χ4n) is 4.24. The summed E-state index contributed by atoms with van der Waals surface area (Å²) in [6, 6.07) is 10.7. The van der Waals surface area contributed by atoms with E-state index in [1.54, 1.807) is 13.8 Å². The van der Waals surface area contributed by atoms with Crippen molar-refractivity contribution in [3.05, 3.63) is 88.2 Å². The third kappa shape index (κ3) is 4.52. The first-order valence-corrected chi connectivity index (χ1v) is 12.2. The smallest absolute Gasteiger partial charge is 0.344 e. The molecule has 0 saturated carbocycles. The second-order valence-corrected chi connectivity index (χ2v) is 9.63. The van der Waals surface area contributed by atoms with Crippen molar-refractivity contribution in [1.29, 1.82) is 0 Å². The van der Waals surface area contributed by atoms with Crippen molar-refractivity contribution in [3.8, 4) is 5.75 Å². The van der Waals surface area contributed by atoms with Gasteiger partial charge in [0.25, 0.3) is 16.0 Å². The van der Waals surface area contributed by atoms with Crippen LogP contribution in [0.2, 0.25) is 0 Å². The Hall–Kier alpha value is -3.69. The number of para-hydroxylation sites is 1. The predicted molar refractivity (Wildman–Crippen MR) is 129 cm³/mol. The highest BCUT2D eigenvalue weighted by molar-refractivity contribution is 7.85. The molecule has 0 radical (unpaired) electrons. The van der Waals surface area contributed by atoms with Crippen LogP contribution in [0.5, 0.6) is 5.75 Å². The fraction of sp³-hybridized carbons (Fsp3) is 0.200. The number of aryl methyl sites for hydroxylation is 2. The molecule has 1 aliphatic carbocycles. The van der Waals surface area contributed by atoms with E-state index in [0.717, 1.165) is 22.5 Å². The highest BCUT2D eigenvalue weighted by Crippen LogP contribution is 2.42. The molecule has 9 heteroatoms. The van der Waals surface area contributed by atoms with Crippen molar-refractivity contribution in [2.45, 2.75) is 20.3 Å². The molecule has 2 N–H and O–H groups in total. The maximum absolute atomic E-state index is 13.5. The van der Waals surface area contributed by atoms with Gasteiger partial charge >= 0.3 is 5.97 Å². The number of carbonyl (C=O) groups is 2. The molecule has 0 spiro atoms. The normalized spacial score (nSPS) is 14.8. The number of ether oxygens (including phenoxy) is 1. The van der Waals surface area contributed by atoms with Gasteiger partial charge in [0.1, 0.15) is 11.6 Å². The van der Waals surface area contributed by atoms with Crippen molar-refractivity contribution in [2.24, 2.45) is 0 Å². The molecule has 0 unspecified atom stereocenters. The number of carbonyl (C=O) groups excluding carboxylic acids is 2. The van der Waals surface area contributed by atoms with Crippen LogP contribution >= 0.6 is 0 Å². The molecule has 0 aromatic heterocycles. The monoisotopic (exact) mass is 480 g/mol. The summed E-state index contributed by atoms with van der Waals surface area (Å²) in [5.41, 5.74) is 5.27. The number of rotatable bonds is 5. The largest absolute Gasteiger partial charge is 0.422 e. The number of amides is 1. The molecular weight excluding hydrogens is 456 g/mol. The van der Waals surface area contributed by atoms with E-state index in [-0.39, 0.29) is 5.56 Å². The molecule has 1 amide bonds. The molecule has 0 bridgehead atoms. The number of hydrogen-bond donors (Lipinski definition) is 2. The lowest BCUT2D eigenvalue weighted by Gasteiger charge is -2.34. The Bertz CT molecular complexity index is 1380. The molecule has 1 heterocycles. The van der Waals surface area contributed by atoms with Gasteiger partial charge in [0, 0.05) is 29.6 Å². The lowest BCUT2D eigenvalue weighted by atomic mass is 9.87. The predicted octanol–water partition coefficient (Wildman–Crippen LogP) is 3.53. The van der Waals surface area contributed by atoms with Crippen LogP contribution < -0.4 is 15.0 Å². The Kier molecular flexibility index (Phi) is 6.16. The van der Waals surface area contributed by atoms with E-state index >= 15 is 0 Å². The van der Waals surface area contributed by atoms with E-state index in [1.807, 2.05) is 49.5 Å². The Morgan fingerprint density at radius 1 is 1.15 bits per heavy atom. The molecule has 8 nitrogen and oxygen atoms in total. The average Bonchev–Trinajstić information content (AvgIpc) is 2.79. The van der Waals surface area contributed by atoms with Gasteiger partial charge in [-0.15, -0.1) is 0 Å². The minimum atomic E-state index is -4.34. The van der Waals surface area contributed by atoms with Crippen LogP contribution in [-0.2, 0) is 14.9 Å². The van der Waals surface area contributed by atoms with Gasteiger partial charge in [-0.3, -0.25) is 9.35 Å². The highest BCUT2D eigenvalue weighted by Gasteiger charge is 2.32. The molecule has 1 aliphatic heterocycles. The Morgan fingerprint density at radius 3 is 2.50 bits per heavy atom.